The molecule has 2 amide bonds. The van der Waals surface area contributed by atoms with Crippen molar-refractivity contribution in [3.63, 3.8) is 0 Å². The van der Waals surface area contributed by atoms with Gasteiger partial charge in [0.2, 0.25) is 11.8 Å². The van der Waals surface area contributed by atoms with E-state index < -0.39 is 34.6 Å². The van der Waals surface area contributed by atoms with Crippen LogP contribution < -0.4 is 5.73 Å². The highest BCUT2D eigenvalue weighted by atomic mass is 16.3. The van der Waals surface area contributed by atoms with Crippen LogP contribution in [0.4, 0.5) is 0 Å². The predicted octanol–water partition coefficient (Wildman–Crippen LogP) is 3.52. The van der Waals surface area contributed by atoms with Gasteiger partial charge in [0.15, 0.2) is 0 Å². The minimum atomic E-state index is -1.22. The summed E-state index contributed by atoms with van der Waals surface area (Å²) in [6.45, 7) is 8.18. The van der Waals surface area contributed by atoms with Crippen molar-refractivity contribution in [1.29, 1.82) is 0 Å². The van der Waals surface area contributed by atoms with Gasteiger partial charge in [0, 0.05) is 0 Å². The van der Waals surface area contributed by atoms with E-state index in [1.807, 2.05) is 32.6 Å². The minimum Gasteiger partial charge on any atom is -0.388 e. The topological polar surface area (TPSA) is 104 Å². The molecule has 0 heterocycles. The van der Waals surface area contributed by atoms with Crippen LogP contribution in [0, 0.1) is 17.3 Å². The summed E-state index contributed by atoms with van der Waals surface area (Å²) in [6.07, 6.45) is 8.83. The normalized spacial score (nSPS) is 26.3. The van der Waals surface area contributed by atoms with Crippen LogP contribution in [0.3, 0.4) is 0 Å². The lowest BCUT2D eigenvalue weighted by Crippen LogP contribution is -2.68. The summed E-state index contributed by atoms with van der Waals surface area (Å²) >= 11 is 0. The third-order valence-electron chi connectivity index (χ3n) is 8.47. The van der Waals surface area contributed by atoms with Gasteiger partial charge >= 0.3 is 0 Å². The molecule has 6 nitrogen and oxygen atoms in total. The van der Waals surface area contributed by atoms with E-state index >= 15 is 0 Å². The van der Waals surface area contributed by atoms with Gasteiger partial charge in [0.05, 0.1) is 23.3 Å². The standard InChI is InChI=1S/C25H44N2O4/c1-17(2)19(24(30)13-7-8-14-24)27(20(18(3)4)25(31)15-9-10-16-25)22(29)23(21(26)28)11-5-6-12-23/h17-20,30-31H,5-16H2,1-4H3,(H2,26,28). The fourth-order valence-corrected chi connectivity index (χ4v) is 7.18. The Balaban J connectivity index is 2.17. The smallest absolute Gasteiger partial charge is 0.238 e. The summed E-state index contributed by atoms with van der Waals surface area (Å²) < 4.78 is 0. The number of rotatable bonds is 8. The van der Waals surface area contributed by atoms with Crippen molar-refractivity contribution in [2.45, 2.75) is 128 Å². The molecule has 3 fully saturated rings. The van der Waals surface area contributed by atoms with Crippen molar-refractivity contribution in [2.75, 3.05) is 0 Å². The molecule has 0 aromatic rings. The van der Waals surface area contributed by atoms with Crippen molar-refractivity contribution in [2.24, 2.45) is 23.0 Å². The van der Waals surface area contributed by atoms with E-state index in [1.54, 1.807) is 0 Å². The molecule has 0 saturated heterocycles. The Bertz CT molecular complexity index is 622. The lowest BCUT2D eigenvalue weighted by atomic mass is 9.74. The van der Waals surface area contributed by atoms with Crippen LogP contribution in [0.1, 0.15) is 105 Å². The molecule has 2 atom stereocenters. The number of carbonyl (C=O) groups is 2. The second-order valence-electron chi connectivity index (χ2n) is 11.4. The zero-order valence-corrected chi connectivity index (χ0v) is 20.0. The van der Waals surface area contributed by atoms with Crippen LogP contribution in [0.2, 0.25) is 0 Å². The van der Waals surface area contributed by atoms with E-state index in [-0.39, 0.29) is 17.7 Å². The van der Waals surface area contributed by atoms with Crippen molar-refractivity contribution in [3.05, 3.63) is 0 Å². The van der Waals surface area contributed by atoms with Crippen LogP contribution in [0.5, 0.6) is 0 Å². The van der Waals surface area contributed by atoms with E-state index in [0.29, 0.717) is 38.5 Å². The SMILES string of the molecule is CC(C)C(N(C(=O)C1(C(N)=O)CCCC1)C(C(C)C)C1(O)CCCC1)C1(O)CCCC1. The maximum atomic E-state index is 14.4. The highest BCUT2D eigenvalue weighted by Crippen LogP contribution is 2.48. The summed E-state index contributed by atoms with van der Waals surface area (Å²) in [5.41, 5.74) is 2.67. The van der Waals surface area contributed by atoms with Crippen LogP contribution in [0.25, 0.3) is 0 Å². The highest BCUT2D eigenvalue weighted by Gasteiger charge is 2.58. The Morgan fingerprint density at radius 2 is 1.03 bits per heavy atom. The molecular weight excluding hydrogens is 392 g/mol. The first-order valence-electron chi connectivity index (χ1n) is 12.6. The van der Waals surface area contributed by atoms with Gasteiger partial charge in [0.25, 0.3) is 0 Å². The summed E-state index contributed by atoms with van der Waals surface area (Å²) in [4.78, 5) is 28.9. The first-order chi connectivity index (χ1) is 14.5. The zero-order valence-electron chi connectivity index (χ0n) is 20.0. The van der Waals surface area contributed by atoms with Gasteiger partial charge in [-0.15, -0.1) is 0 Å². The number of carbonyl (C=O) groups excluding carboxylic acids is 2. The molecule has 31 heavy (non-hydrogen) atoms. The molecule has 178 valence electrons. The van der Waals surface area contributed by atoms with E-state index in [1.165, 1.54) is 0 Å². The zero-order chi connectivity index (χ0) is 23.0. The van der Waals surface area contributed by atoms with Crippen LogP contribution >= 0.6 is 0 Å². The molecule has 0 aliphatic heterocycles. The Labute approximate surface area is 187 Å². The Kier molecular flexibility index (Phi) is 7.12. The van der Waals surface area contributed by atoms with E-state index in [9.17, 15) is 19.8 Å². The number of aliphatic hydroxyl groups is 2. The monoisotopic (exact) mass is 436 g/mol. The Morgan fingerprint density at radius 3 is 1.32 bits per heavy atom. The molecule has 3 aliphatic carbocycles. The lowest BCUT2D eigenvalue weighted by Gasteiger charge is -2.53. The third-order valence-corrected chi connectivity index (χ3v) is 8.47. The average molecular weight is 437 g/mol. The van der Waals surface area contributed by atoms with Crippen LogP contribution in [-0.4, -0.2) is 50.2 Å². The quantitative estimate of drug-likeness (QED) is 0.506. The summed E-state index contributed by atoms with van der Waals surface area (Å²) in [5, 5.41) is 23.5. The van der Waals surface area contributed by atoms with Crippen LogP contribution in [0.15, 0.2) is 0 Å². The molecule has 0 aromatic carbocycles. The fraction of sp³-hybridized carbons (Fsp3) is 0.920. The molecule has 0 aromatic heterocycles. The number of amides is 2. The Morgan fingerprint density at radius 1 is 0.710 bits per heavy atom. The molecule has 2 unspecified atom stereocenters. The van der Waals surface area contributed by atoms with Gasteiger partial charge in [0.1, 0.15) is 5.41 Å². The van der Waals surface area contributed by atoms with E-state index in [4.69, 9.17) is 5.73 Å². The number of nitrogens with two attached hydrogens (primary N) is 1. The van der Waals surface area contributed by atoms with Gasteiger partial charge in [-0.25, -0.2) is 0 Å². The van der Waals surface area contributed by atoms with Crippen molar-refractivity contribution in [3.8, 4) is 0 Å². The fourth-order valence-electron chi connectivity index (χ4n) is 7.18. The van der Waals surface area contributed by atoms with E-state index in [2.05, 4.69) is 0 Å². The first kappa shape index (κ1) is 24.5. The van der Waals surface area contributed by atoms with Gasteiger partial charge in [-0.1, -0.05) is 66.2 Å². The molecule has 6 heteroatoms. The molecule has 0 bridgehead atoms. The third kappa shape index (κ3) is 4.27. The lowest BCUT2D eigenvalue weighted by molar-refractivity contribution is -0.177. The summed E-state index contributed by atoms with van der Waals surface area (Å²) in [6, 6.07) is -0.896. The number of hydrogen-bond donors (Lipinski definition) is 3. The average Bonchev–Trinajstić information content (AvgIpc) is 3.42. The highest BCUT2D eigenvalue weighted by molar-refractivity contribution is 6.05. The molecule has 3 rings (SSSR count). The molecule has 3 saturated carbocycles. The minimum absolute atomic E-state index is 0.00960. The molecule has 3 aliphatic rings. The largest absolute Gasteiger partial charge is 0.388 e. The summed E-state index contributed by atoms with van der Waals surface area (Å²) in [5.74, 6) is -0.827. The second-order valence-corrected chi connectivity index (χ2v) is 11.4. The molecular formula is C25H44N2O4. The maximum absolute atomic E-state index is 14.4. The van der Waals surface area contributed by atoms with Crippen LogP contribution in [-0.2, 0) is 9.59 Å². The maximum Gasteiger partial charge on any atom is 0.238 e. The molecule has 4 N–H and O–H groups in total. The predicted molar refractivity (Wildman–Crippen MR) is 121 cm³/mol. The molecule has 0 radical (unpaired) electrons. The number of primary amides is 1. The van der Waals surface area contributed by atoms with Gasteiger partial charge < -0.3 is 20.8 Å². The first-order valence-corrected chi connectivity index (χ1v) is 12.6. The summed E-state index contributed by atoms with van der Waals surface area (Å²) in [7, 11) is 0. The van der Waals surface area contributed by atoms with Gasteiger partial charge in [-0.3, -0.25) is 9.59 Å². The number of nitrogens with zero attached hydrogens (tertiary/aromatic N) is 1. The van der Waals surface area contributed by atoms with E-state index in [0.717, 1.165) is 38.5 Å². The van der Waals surface area contributed by atoms with Crippen molar-refractivity contribution < 1.29 is 19.8 Å². The Hall–Kier alpha value is -1.14. The van der Waals surface area contributed by atoms with Gasteiger partial charge in [-0.05, 0) is 50.4 Å². The number of hydrogen-bond acceptors (Lipinski definition) is 4. The second kappa shape index (κ2) is 9.01. The van der Waals surface area contributed by atoms with Crippen molar-refractivity contribution in [1.82, 2.24) is 4.90 Å². The van der Waals surface area contributed by atoms with Gasteiger partial charge in [-0.2, -0.15) is 0 Å². The van der Waals surface area contributed by atoms with Crippen molar-refractivity contribution >= 4 is 11.8 Å². The molecule has 0 spiro atoms.